The highest BCUT2D eigenvalue weighted by Crippen LogP contribution is 2.48. The minimum Gasteiger partial charge on any atom is -0.412 e. The molecule has 0 saturated carbocycles. The third kappa shape index (κ3) is 5.40. The molecule has 3 aromatic carbocycles. The van der Waals surface area contributed by atoms with Crippen LogP contribution in [0.4, 0.5) is 11.4 Å². The van der Waals surface area contributed by atoms with Gasteiger partial charge in [-0.3, -0.25) is 0 Å². The molecule has 5 rings (SSSR count). The zero-order valence-corrected chi connectivity index (χ0v) is 21.8. The van der Waals surface area contributed by atoms with Gasteiger partial charge in [-0.05, 0) is 61.7 Å². The van der Waals surface area contributed by atoms with Gasteiger partial charge in [0.2, 0.25) is 0 Å². The number of halogens is 2. The Kier molecular flexibility index (Phi) is 9.33. The maximum absolute atomic E-state index is 6.36. The molecule has 7 heteroatoms. The molecule has 0 unspecified atom stereocenters. The lowest BCUT2D eigenvalue weighted by Crippen LogP contribution is -2.44. The van der Waals surface area contributed by atoms with Gasteiger partial charge in [-0.15, -0.1) is 12.4 Å². The lowest BCUT2D eigenvalue weighted by atomic mass is 9.84. The second kappa shape index (κ2) is 11.8. The van der Waals surface area contributed by atoms with Gasteiger partial charge in [-0.25, -0.2) is 0 Å². The number of ether oxygens (including phenoxy) is 1. The first-order chi connectivity index (χ1) is 15.7. The molecule has 1 fully saturated rings. The Balaban J connectivity index is 0.00000162. The number of benzene rings is 3. The minimum absolute atomic E-state index is 0. The van der Waals surface area contributed by atoms with Crippen molar-refractivity contribution < 1.29 is 10.2 Å². The van der Waals surface area contributed by atoms with Crippen LogP contribution >= 0.6 is 35.8 Å². The zero-order chi connectivity index (χ0) is 22.0. The molecule has 0 radical (unpaired) electrons. The summed E-state index contributed by atoms with van der Waals surface area (Å²) in [6.45, 7) is 4.21. The summed E-state index contributed by atoms with van der Waals surface area (Å²) in [6, 6.07) is 25.6. The normalized spacial score (nSPS) is 16.6. The van der Waals surface area contributed by atoms with Crippen LogP contribution in [0.3, 0.4) is 0 Å². The molecule has 2 aliphatic heterocycles. The van der Waals surface area contributed by atoms with Crippen LogP contribution in [0.25, 0.3) is 0 Å². The number of para-hydroxylation sites is 1. The fourth-order valence-corrected chi connectivity index (χ4v) is 6.23. The van der Waals surface area contributed by atoms with Crippen LogP contribution in [0.5, 0.6) is 0 Å². The molecule has 2 aliphatic rings. The summed E-state index contributed by atoms with van der Waals surface area (Å²) in [5.74, 6) is 0. The van der Waals surface area contributed by atoms with Crippen molar-refractivity contribution in [2.24, 2.45) is 0 Å². The summed E-state index contributed by atoms with van der Waals surface area (Å²) < 4.78 is 6.05. The molecule has 3 aromatic rings. The van der Waals surface area contributed by atoms with E-state index in [9.17, 15) is 0 Å². The SMILES string of the molecule is COC1(c2ccccc2)CCN(CCCN2c3ccccc3Sc3ccc(Cl)cc32)CC1.Cl.O. The Hall–Kier alpha value is -1.73. The van der Waals surface area contributed by atoms with Crippen LogP contribution in [0.2, 0.25) is 5.02 Å². The highest BCUT2D eigenvalue weighted by atomic mass is 35.5. The number of nitrogens with zero attached hydrogens (tertiary/aromatic N) is 2. The van der Waals surface area contributed by atoms with Gasteiger partial charge in [0.15, 0.2) is 0 Å². The van der Waals surface area contributed by atoms with E-state index >= 15 is 0 Å². The number of piperidine rings is 1. The van der Waals surface area contributed by atoms with Gasteiger partial charge < -0.3 is 20.0 Å². The highest BCUT2D eigenvalue weighted by Gasteiger charge is 2.36. The molecule has 182 valence electrons. The third-order valence-corrected chi connectivity index (χ3v) is 8.16. The van der Waals surface area contributed by atoms with E-state index in [1.54, 1.807) is 0 Å². The zero-order valence-electron chi connectivity index (χ0n) is 19.4. The molecule has 2 heterocycles. The summed E-state index contributed by atoms with van der Waals surface area (Å²) >= 11 is 8.19. The second-order valence-electron chi connectivity index (χ2n) is 8.59. The average molecular weight is 520 g/mol. The third-order valence-electron chi connectivity index (χ3n) is 6.80. The van der Waals surface area contributed by atoms with Crippen molar-refractivity contribution in [2.75, 3.05) is 38.2 Å². The van der Waals surface area contributed by atoms with Gasteiger partial charge in [0.25, 0.3) is 0 Å². The van der Waals surface area contributed by atoms with Crippen LogP contribution in [0, 0.1) is 0 Å². The first-order valence-electron chi connectivity index (χ1n) is 11.4. The molecule has 2 N–H and O–H groups in total. The van der Waals surface area contributed by atoms with Gasteiger partial charge in [-0.1, -0.05) is 65.8 Å². The Morgan fingerprint density at radius 2 is 1.56 bits per heavy atom. The van der Waals surface area contributed by atoms with E-state index in [0.29, 0.717) is 0 Å². The molecule has 1 saturated heterocycles. The predicted molar refractivity (Wildman–Crippen MR) is 145 cm³/mol. The summed E-state index contributed by atoms with van der Waals surface area (Å²) in [5, 5.41) is 0.793. The molecule has 4 nitrogen and oxygen atoms in total. The summed E-state index contributed by atoms with van der Waals surface area (Å²) in [4.78, 5) is 7.62. The maximum atomic E-state index is 6.36. The van der Waals surface area contributed by atoms with E-state index in [1.807, 2.05) is 24.9 Å². The Morgan fingerprint density at radius 3 is 2.29 bits per heavy atom. The van der Waals surface area contributed by atoms with Crippen molar-refractivity contribution in [1.82, 2.24) is 4.90 Å². The Labute approximate surface area is 218 Å². The van der Waals surface area contributed by atoms with E-state index in [1.165, 1.54) is 26.7 Å². The Morgan fingerprint density at radius 1 is 0.882 bits per heavy atom. The molecule has 0 aliphatic carbocycles. The minimum atomic E-state index is -0.142. The van der Waals surface area contributed by atoms with E-state index in [-0.39, 0.29) is 23.5 Å². The van der Waals surface area contributed by atoms with E-state index in [2.05, 4.69) is 76.5 Å². The average Bonchev–Trinajstić information content (AvgIpc) is 2.85. The molecule has 0 spiro atoms. The second-order valence-corrected chi connectivity index (χ2v) is 10.1. The lowest BCUT2D eigenvalue weighted by Gasteiger charge is -2.41. The van der Waals surface area contributed by atoms with Gasteiger partial charge in [0.1, 0.15) is 0 Å². The molecular formula is C27H32Cl2N2O2S. The van der Waals surface area contributed by atoms with Gasteiger partial charge >= 0.3 is 0 Å². The van der Waals surface area contributed by atoms with Crippen LogP contribution in [-0.4, -0.2) is 43.7 Å². The number of rotatable bonds is 6. The number of fused-ring (bicyclic) bond motifs is 2. The fourth-order valence-electron chi connectivity index (χ4n) is 4.99. The van der Waals surface area contributed by atoms with Crippen molar-refractivity contribution in [1.29, 1.82) is 0 Å². The number of hydrogen-bond acceptors (Lipinski definition) is 4. The number of methoxy groups -OCH3 is 1. The standard InChI is InChI=1S/C27H29ClN2OS.ClH.H2O/c1-31-27(21-8-3-2-4-9-21)14-18-29(19-15-27)16-7-17-30-23-10-5-6-11-25(23)32-26-13-12-22(28)20-24(26)30;;/h2-6,8-13,20H,7,14-19H2,1H3;1H;1H2. The quantitative estimate of drug-likeness (QED) is 0.370. The van der Waals surface area contributed by atoms with E-state index < -0.39 is 0 Å². The molecule has 0 bridgehead atoms. The van der Waals surface area contributed by atoms with E-state index in [0.717, 1.165) is 50.5 Å². The topological polar surface area (TPSA) is 47.2 Å². The monoisotopic (exact) mass is 518 g/mol. The maximum Gasteiger partial charge on any atom is 0.0951 e. The molecule has 0 aromatic heterocycles. The largest absolute Gasteiger partial charge is 0.412 e. The van der Waals surface area contributed by atoms with Crippen molar-refractivity contribution in [3.8, 4) is 0 Å². The van der Waals surface area contributed by atoms with Crippen LogP contribution in [0.1, 0.15) is 24.8 Å². The first kappa shape index (κ1) is 26.9. The van der Waals surface area contributed by atoms with Gasteiger partial charge in [-0.2, -0.15) is 0 Å². The molecule has 0 atom stereocenters. The fraction of sp³-hybridized carbons (Fsp3) is 0.333. The van der Waals surface area contributed by atoms with E-state index in [4.69, 9.17) is 16.3 Å². The van der Waals surface area contributed by atoms with Crippen LogP contribution in [-0.2, 0) is 10.3 Å². The number of anilines is 2. The van der Waals surface area contributed by atoms with Crippen LogP contribution in [0.15, 0.2) is 82.6 Å². The van der Waals surface area contributed by atoms with Crippen molar-refractivity contribution in [3.63, 3.8) is 0 Å². The number of likely N-dealkylation sites (tertiary alicyclic amines) is 1. The van der Waals surface area contributed by atoms with Gasteiger partial charge in [0.05, 0.1) is 17.0 Å². The first-order valence-corrected chi connectivity index (χ1v) is 12.5. The predicted octanol–water partition coefficient (Wildman–Crippen LogP) is 6.57. The summed E-state index contributed by atoms with van der Waals surface area (Å²) in [6.07, 6.45) is 3.18. The van der Waals surface area contributed by atoms with Crippen molar-refractivity contribution in [2.45, 2.75) is 34.7 Å². The smallest absolute Gasteiger partial charge is 0.0951 e. The molecule has 34 heavy (non-hydrogen) atoms. The molecular weight excluding hydrogens is 487 g/mol. The van der Waals surface area contributed by atoms with Crippen molar-refractivity contribution >= 4 is 47.1 Å². The lowest BCUT2D eigenvalue weighted by molar-refractivity contribution is -0.0623. The number of hydrogen-bond donors (Lipinski definition) is 0. The highest BCUT2D eigenvalue weighted by molar-refractivity contribution is 7.99. The Bertz CT molecular complexity index is 1080. The molecule has 0 amide bonds. The summed E-state index contributed by atoms with van der Waals surface area (Å²) in [5.41, 5.74) is 3.67. The van der Waals surface area contributed by atoms with Gasteiger partial charge in [0, 0.05) is 41.6 Å². The summed E-state index contributed by atoms with van der Waals surface area (Å²) in [7, 11) is 1.86. The van der Waals surface area contributed by atoms with Crippen LogP contribution < -0.4 is 4.90 Å². The van der Waals surface area contributed by atoms with Crippen molar-refractivity contribution in [3.05, 3.63) is 83.4 Å².